The first-order valence-electron chi connectivity index (χ1n) is 6.00. The summed E-state index contributed by atoms with van der Waals surface area (Å²) >= 11 is 6.14. The van der Waals surface area contributed by atoms with Gasteiger partial charge >= 0.3 is 0 Å². The summed E-state index contributed by atoms with van der Waals surface area (Å²) in [6.45, 7) is 7.16. The molecule has 2 aromatic rings. The molecule has 1 heterocycles. The van der Waals surface area contributed by atoms with Crippen LogP contribution in [0.15, 0.2) is 36.5 Å². The van der Waals surface area contributed by atoms with Crippen molar-refractivity contribution in [1.29, 1.82) is 0 Å². The first-order chi connectivity index (χ1) is 8.46. The van der Waals surface area contributed by atoms with Gasteiger partial charge in [0.05, 0.1) is 16.4 Å². The molecule has 0 aliphatic carbocycles. The summed E-state index contributed by atoms with van der Waals surface area (Å²) in [4.78, 5) is 0. The highest BCUT2D eigenvalue weighted by molar-refractivity contribution is 6.32. The van der Waals surface area contributed by atoms with Gasteiger partial charge in [-0.05, 0) is 39.0 Å². The number of nitrogens with one attached hydrogen (secondary N) is 1. The number of benzene rings is 1. The van der Waals surface area contributed by atoms with Gasteiger partial charge in [0, 0.05) is 18.3 Å². The van der Waals surface area contributed by atoms with E-state index in [1.807, 2.05) is 41.2 Å². The molecule has 0 unspecified atom stereocenters. The molecule has 18 heavy (non-hydrogen) atoms. The van der Waals surface area contributed by atoms with Gasteiger partial charge in [-0.3, -0.25) is 0 Å². The summed E-state index contributed by atoms with van der Waals surface area (Å²) in [5.41, 5.74) is 2.00. The van der Waals surface area contributed by atoms with Crippen LogP contribution in [-0.4, -0.2) is 15.3 Å². The van der Waals surface area contributed by atoms with Crippen molar-refractivity contribution < 1.29 is 0 Å². The van der Waals surface area contributed by atoms with Gasteiger partial charge in [0.25, 0.3) is 0 Å². The van der Waals surface area contributed by atoms with Crippen LogP contribution in [0.4, 0.5) is 0 Å². The smallest absolute Gasteiger partial charge is 0.0831 e. The molecule has 0 bridgehead atoms. The monoisotopic (exact) mass is 263 g/mol. The third-order valence-electron chi connectivity index (χ3n) is 2.54. The van der Waals surface area contributed by atoms with Crippen molar-refractivity contribution in [3.8, 4) is 5.69 Å². The molecule has 0 spiro atoms. The zero-order chi connectivity index (χ0) is 13.2. The summed E-state index contributed by atoms with van der Waals surface area (Å²) in [6.07, 6.45) is 1.93. The molecular formula is C14H18ClN3. The van der Waals surface area contributed by atoms with Crippen molar-refractivity contribution in [2.75, 3.05) is 0 Å². The van der Waals surface area contributed by atoms with Crippen LogP contribution >= 0.6 is 11.6 Å². The predicted molar refractivity (Wildman–Crippen MR) is 75.2 cm³/mol. The van der Waals surface area contributed by atoms with Gasteiger partial charge in [0.2, 0.25) is 0 Å². The van der Waals surface area contributed by atoms with Gasteiger partial charge in [-0.2, -0.15) is 5.10 Å². The average Bonchev–Trinajstić information content (AvgIpc) is 2.75. The largest absolute Gasteiger partial charge is 0.306 e. The first-order valence-corrected chi connectivity index (χ1v) is 6.38. The summed E-state index contributed by atoms with van der Waals surface area (Å²) in [5.74, 6) is 0. The van der Waals surface area contributed by atoms with Crippen molar-refractivity contribution >= 4 is 11.6 Å². The minimum absolute atomic E-state index is 0.0914. The fraction of sp³-hybridized carbons (Fsp3) is 0.357. The van der Waals surface area contributed by atoms with Crippen LogP contribution in [-0.2, 0) is 6.54 Å². The van der Waals surface area contributed by atoms with Crippen LogP contribution in [0.3, 0.4) is 0 Å². The van der Waals surface area contributed by atoms with E-state index in [-0.39, 0.29) is 5.54 Å². The highest BCUT2D eigenvalue weighted by atomic mass is 35.5. The number of nitrogens with zero attached hydrogens (tertiary/aromatic N) is 2. The number of aromatic nitrogens is 2. The lowest BCUT2D eigenvalue weighted by molar-refractivity contribution is 0.420. The number of para-hydroxylation sites is 1. The minimum Gasteiger partial charge on any atom is -0.306 e. The van der Waals surface area contributed by atoms with Gasteiger partial charge in [0.15, 0.2) is 0 Å². The Hall–Kier alpha value is -1.32. The third kappa shape index (κ3) is 3.34. The first kappa shape index (κ1) is 13.1. The summed E-state index contributed by atoms with van der Waals surface area (Å²) in [6, 6.07) is 9.69. The second kappa shape index (κ2) is 5.12. The van der Waals surface area contributed by atoms with Gasteiger partial charge in [-0.25, -0.2) is 4.68 Å². The van der Waals surface area contributed by atoms with Crippen LogP contribution < -0.4 is 5.32 Å². The van der Waals surface area contributed by atoms with Crippen molar-refractivity contribution in [2.24, 2.45) is 0 Å². The van der Waals surface area contributed by atoms with E-state index in [2.05, 4.69) is 31.2 Å². The Bertz CT molecular complexity index is 526. The normalized spacial score (nSPS) is 11.8. The SMILES string of the molecule is CC(C)(C)NCc1ccn(-c2ccccc2Cl)n1. The Morgan fingerprint density at radius 3 is 2.61 bits per heavy atom. The fourth-order valence-electron chi connectivity index (χ4n) is 1.58. The molecular weight excluding hydrogens is 246 g/mol. The Morgan fingerprint density at radius 1 is 1.22 bits per heavy atom. The second-order valence-electron chi connectivity index (χ2n) is 5.31. The molecule has 0 fully saturated rings. The molecule has 0 aliphatic rings. The van der Waals surface area contributed by atoms with Crippen LogP contribution in [0.25, 0.3) is 5.69 Å². The molecule has 1 aromatic carbocycles. The van der Waals surface area contributed by atoms with Gasteiger partial charge < -0.3 is 5.32 Å². The number of hydrogen-bond acceptors (Lipinski definition) is 2. The van der Waals surface area contributed by atoms with Gasteiger partial charge in [0.1, 0.15) is 0 Å². The maximum absolute atomic E-state index is 6.14. The van der Waals surface area contributed by atoms with Gasteiger partial charge in [-0.15, -0.1) is 0 Å². The van der Waals surface area contributed by atoms with Crippen LogP contribution in [0, 0.1) is 0 Å². The molecule has 2 rings (SSSR count). The van der Waals surface area contributed by atoms with Crippen LogP contribution in [0.5, 0.6) is 0 Å². The van der Waals surface area contributed by atoms with Crippen LogP contribution in [0.1, 0.15) is 26.5 Å². The van der Waals surface area contributed by atoms with Crippen molar-refractivity contribution in [1.82, 2.24) is 15.1 Å². The summed E-state index contributed by atoms with van der Waals surface area (Å²) < 4.78 is 1.81. The Morgan fingerprint density at radius 2 is 1.94 bits per heavy atom. The quantitative estimate of drug-likeness (QED) is 0.920. The van der Waals surface area contributed by atoms with Crippen molar-refractivity contribution in [2.45, 2.75) is 32.9 Å². The Balaban J connectivity index is 2.14. The fourth-order valence-corrected chi connectivity index (χ4v) is 1.81. The van der Waals surface area contributed by atoms with Crippen molar-refractivity contribution in [3.63, 3.8) is 0 Å². The Labute approximate surface area is 113 Å². The lowest BCUT2D eigenvalue weighted by Gasteiger charge is -2.19. The van der Waals surface area contributed by atoms with E-state index in [9.17, 15) is 0 Å². The standard InChI is InChI=1S/C14H18ClN3/c1-14(2,3)16-10-11-8-9-18(17-11)13-7-5-4-6-12(13)15/h4-9,16H,10H2,1-3H3. The Kier molecular flexibility index (Phi) is 3.73. The number of rotatable bonds is 3. The topological polar surface area (TPSA) is 29.9 Å². The average molecular weight is 264 g/mol. The molecule has 0 amide bonds. The molecule has 1 N–H and O–H groups in total. The second-order valence-corrected chi connectivity index (χ2v) is 5.71. The summed E-state index contributed by atoms with van der Waals surface area (Å²) in [7, 11) is 0. The maximum atomic E-state index is 6.14. The zero-order valence-corrected chi connectivity index (χ0v) is 11.7. The van der Waals surface area contributed by atoms with E-state index in [0.717, 1.165) is 17.9 Å². The lowest BCUT2D eigenvalue weighted by atomic mass is 10.1. The molecule has 0 saturated carbocycles. The number of halogens is 1. The predicted octanol–water partition coefficient (Wildman–Crippen LogP) is 3.41. The molecule has 96 valence electrons. The number of hydrogen-bond donors (Lipinski definition) is 1. The maximum Gasteiger partial charge on any atom is 0.0831 e. The molecule has 0 atom stereocenters. The zero-order valence-electron chi connectivity index (χ0n) is 10.9. The lowest BCUT2D eigenvalue weighted by Crippen LogP contribution is -2.35. The van der Waals surface area contributed by atoms with E-state index in [0.29, 0.717) is 5.02 Å². The van der Waals surface area contributed by atoms with E-state index in [4.69, 9.17) is 11.6 Å². The molecule has 0 saturated heterocycles. The van der Waals surface area contributed by atoms with Crippen molar-refractivity contribution in [3.05, 3.63) is 47.2 Å². The minimum atomic E-state index is 0.0914. The van der Waals surface area contributed by atoms with Gasteiger partial charge in [-0.1, -0.05) is 23.7 Å². The highest BCUT2D eigenvalue weighted by Gasteiger charge is 2.10. The van der Waals surface area contributed by atoms with E-state index in [1.54, 1.807) is 0 Å². The molecule has 0 radical (unpaired) electrons. The summed E-state index contributed by atoms with van der Waals surface area (Å²) in [5, 5.41) is 8.63. The van der Waals surface area contributed by atoms with Crippen LogP contribution in [0.2, 0.25) is 5.02 Å². The molecule has 4 heteroatoms. The third-order valence-corrected chi connectivity index (χ3v) is 2.86. The van der Waals surface area contributed by atoms with E-state index >= 15 is 0 Å². The molecule has 3 nitrogen and oxygen atoms in total. The molecule has 0 aliphatic heterocycles. The molecule has 1 aromatic heterocycles. The highest BCUT2D eigenvalue weighted by Crippen LogP contribution is 2.19. The van der Waals surface area contributed by atoms with E-state index < -0.39 is 0 Å². The van der Waals surface area contributed by atoms with E-state index in [1.165, 1.54) is 0 Å².